The minimum absolute atomic E-state index is 0.0123. The number of anilines is 1. The molecule has 0 unspecified atom stereocenters. The summed E-state index contributed by atoms with van der Waals surface area (Å²) in [6.07, 6.45) is 1.91. The molecule has 0 atom stereocenters. The monoisotopic (exact) mass is 415 g/mol. The highest BCUT2D eigenvalue weighted by atomic mass is 32.2. The second-order valence-corrected chi connectivity index (χ2v) is 10.1. The van der Waals surface area contributed by atoms with E-state index in [1.54, 1.807) is 15.9 Å². The third-order valence-electron chi connectivity index (χ3n) is 5.11. The third-order valence-corrected chi connectivity index (χ3v) is 7.48. The van der Waals surface area contributed by atoms with Crippen molar-refractivity contribution in [2.75, 3.05) is 29.9 Å². The SMILES string of the molecule is O=C(Nc1nc2cccc(-c3ccc(CN4CCS(=O)CC4)s3)n2n1)C1CC1. The number of carbonyl (C=O) groups excluding carboxylic acids is 1. The van der Waals surface area contributed by atoms with E-state index in [0.717, 1.165) is 60.2 Å². The summed E-state index contributed by atoms with van der Waals surface area (Å²) in [5, 5.41) is 7.33. The lowest BCUT2D eigenvalue weighted by Crippen LogP contribution is -2.36. The Kier molecular flexibility index (Phi) is 4.73. The number of amides is 1. The fourth-order valence-electron chi connectivity index (χ4n) is 3.36. The first kappa shape index (κ1) is 18.0. The van der Waals surface area contributed by atoms with Crippen molar-refractivity contribution in [3.8, 4) is 10.6 Å². The van der Waals surface area contributed by atoms with E-state index < -0.39 is 10.8 Å². The second kappa shape index (κ2) is 7.38. The van der Waals surface area contributed by atoms with Crippen LogP contribution in [0.2, 0.25) is 0 Å². The number of thiophene rings is 1. The fourth-order valence-corrected chi connectivity index (χ4v) is 5.55. The predicted molar refractivity (Wildman–Crippen MR) is 111 cm³/mol. The molecule has 1 saturated heterocycles. The maximum atomic E-state index is 12.0. The molecule has 1 amide bonds. The summed E-state index contributed by atoms with van der Waals surface area (Å²) in [6.45, 7) is 2.67. The zero-order valence-electron chi connectivity index (χ0n) is 15.3. The molecule has 0 aromatic carbocycles. The van der Waals surface area contributed by atoms with Crippen molar-refractivity contribution < 1.29 is 9.00 Å². The third kappa shape index (κ3) is 3.74. The zero-order chi connectivity index (χ0) is 19.1. The molecule has 1 aliphatic carbocycles. The van der Waals surface area contributed by atoms with Crippen LogP contribution in [0.3, 0.4) is 0 Å². The largest absolute Gasteiger partial charge is 0.296 e. The number of pyridine rings is 1. The number of nitrogens with zero attached hydrogens (tertiary/aromatic N) is 4. The van der Waals surface area contributed by atoms with Crippen molar-refractivity contribution in [2.45, 2.75) is 19.4 Å². The highest BCUT2D eigenvalue weighted by Gasteiger charge is 2.30. The van der Waals surface area contributed by atoms with Gasteiger partial charge in [-0.2, -0.15) is 4.98 Å². The highest BCUT2D eigenvalue weighted by molar-refractivity contribution is 7.85. The van der Waals surface area contributed by atoms with Crippen LogP contribution in [-0.2, 0) is 22.1 Å². The van der Waals surface area contributed by atoms with Gasteiger partial charge in [0.2, 0.25) is 11.9 Å². The van der Waals surface area contributed by atoms with Crippen LogP contribution < -0.4 is 5.32 Å². The smallest absolute Gasteiger partial charge is 0.249 e. The molecule has 4 heterocycles. The molecule has 5 rings (SSSR count). The van der Waals surface area contributed by atoms with Crippen LogP contribution in [0.4, 0.5) is 5.95 Å². The average Bonchev–Trinajstić information content (AvgIpc) is 3.31. The predicted octanol–water partition coefficient (Wildman–Crippen LogP) is 2.37. The van der Waals surface area contributed by atoms with E-state index in [1.807, 2.05) is 18.2 Å². The van der Waals surface area contributed by atoms with Gasteiger partial charge in [-0.1, -0.05) is 6.07 Å². The second-order valence-electron chi connectivity index (χ2n) is 7.27. The first-order valence-corrected chi connectivity index (χ1v) is 11.8. The van der Waals surface area contributed by atoms with Crippen molar-refractivity contribution in [3.05, 3.63) is 35.2 Å². The highest BCUT2D eigenvalue weighted by Crippen LogP contribution is 2.31. The summed E-state index contributed by atoms with van der Waals surface area (Å²) < 4.78 is 13.3. The number of hydrogen-bond donors (Lipinski definition) is 1. The minimum Gasteiger partial charge on any atom is -0.296 e. The molecule has 1 saturated carbocycles. The molecular formula is C19H21N5O2S2. The lowest BCUT2D eigenvalue weighted by Gasteiger charge is -2.25. The number of aromatic nitrogens is 3. The summed E-state index contributed by atoms with van der Waals surface area (Å²) in [6, 6.07) is 10.1. The average molecular weight is 416 g/mol. The fraction of sp³-hybridized carbons (Fsp3) is 0.421. The minimum atomic E-state index is -0.647. The lowest BCUT2D eigenvalue weighted by molar-refractivity contribution is -0.117. The molecule has 7 nitrogen and oxygen atoms in total. The molecule has 0 spiro atoms. The van der Waals surface area contributed by atoms with Crippen molar-refractivity contribution in [3.63, 3.8) is 0 Å². The van der Waals surface area contributed by atoms with Gasteiger partial charge in [0.25, 0.3) is 0 Å². The molecule has 3 aromatic heterocycles. The van der Waals surface area contributed by atoms with Gasteiger partial charge in [0, 0.05) is 52.7 Å². The first-order valence-electron chi connectivity index (χ1n) is 9.49. The Hall–Kier alpha value is -2.10. The molecule has 9 heteroatoms. The van der Waals surface area contributed by atoms with Crippen LogP contribution in [-0.4, -0.2) is 54.2 Å². The number of rotatable bonds is 5. The Morgan fingerprint density at radius 2 is 2.04 bits per heavy atom. The molecule has 3 aromatic rings. The molecule has 1 N–H and O–H groups in total. The van der Waals surface area contributed by atoms with Crippen LogP contribution in [0, 0.1) is 5.92 Å². The van der Waals surface area contributed by atoms with Crippen molar-refractivity contribution in [1.82, 2.24) is 19.5 Å². The number of nitrogens with one attached hydrogen (secondary N) is 1. The molecule has 2 fully saturated rings. The van der Waals surface area contributed by atoms with Crippen LogP contribution >= 0.6 is 11.3 Å². The van der Waals surface area contributed by atoms with Crippen molar-refractivity contribution in [1.29, 1.82) is 0 Å². The Morgan fingerprint density at radius 3 is 2.82 bits per heavy atom. The quantitative estimate of drug-likeness (QED) is 0.692. The van der Waals surface area contributed by atoms with Crippen LogP contribution in [0.15, 0.2) is 30.3 Å². The number of carbonyl (C=O) groups is 1. The van der Waals surface area contributed by atoms with Gasteiger partial charge in [-0.3, -0.25) is 19.2 Å². The van der Waals surface area contributed by atoms with E-state index in [1.165, 1.54) is 4.88 Å². The Labute approximate surface area is 169 Å². The van der Waals surface area contributed by atoms with E-state index in [0.29, 0.717) is 5.95 Å². The summed E-state index contributed by atoms with van der Waals surface area (Å²) in [7, 11) is -0.647. The van der Waals surface area contributed by atoms with Crippen LogP contribution in [0.25, 0.3) is 16.2 Å². The number of fused-ring (bicyclic) bond motifs is 1. The van der Waals surface area contributed by atoms with E-state index >= 15 is 0 Å². The molecule has 0 bridgehead atoms. The van der Waals surface area contributed by atoms with E-state index in [4.69, 9.17) is 0 Å². The Morgan fingerprint density at radius 1 is 1.21 bits per heavy atom. The first-order chi connectivity index (χ1) is 13.7. The van der Waals surface area contributed by atoms with Gasteiger partial charge < -0.3 is 0 Å². The van der Waals surface area contributed by atoms with Crippen LogP contribution in [0.5, 0.6) is 0 Å². The van der Waals surface area contributed by atoms with Gasteiger partial charge in [-0.05, 0) is 37.1 Å². The van der Waals surface area contributed by atoms with Gasteiger partial charge in [0.1, 0.15) is 0 Å². The Balaban J connectivity index is 1.36. The zero-order valence-corrected chi connectivity index (χ0v) is 17.0. The van der Waals surface area contributed by atoms with Gasteiger partial charge in [0.15, 0.2) is 5.65 Å². The molecule has 146 valence electrons. The molecule has 2 aliphatic rings. The lowest BCUT2D eigenvalue weighted by atomic mass is 10.3. The maximum absolute atomic E-state index is 12.0. The summed E-state index contributed by atoms with van der Waals surface area (Å²) in [5.74, 6) is 2.04. The standard InChI is InChI=1S/C19H21N5O2S2/c25-18(13-4-5-13)21-19-20-17-3-1-2-15(24(17)22-19)16-7-6-14(27-16)12-23-8-10-28(26)11-9-23/h1-3,6-7,13H,4-5,8-12H2,(H,21,22,25). The van der Waals surface area contributed by atoms with Crippen molar-refractivity contribution in [2.24, 2.45) is 5.92 Å². The van der Waals surface area contributed by atoms with E-state index in [2.05, 4.69) is 32.4 Å². The maximum Gasteiger partial charge on any atom is 0.249 e. The van der Waals surface area contributed by atoms with E-state index in [9.17, 15) is 9.00 Å². The molecule has 1 aliphatic heterocycles. The molecule has 0 radical (unpaired) electrons. The normalized spacial score (nSPS) is 18.6. The van der Waals surface area contributed by atoms with E-state index in [-0.39, 0.29) is 11.8 Å². The van der Waals surface area contributed by atoms with Crippen LogP contribution in [0.1, 0.15) is 17.7 Å². The summed E-state index contributed by atoms with van der Waals surface area (Å²) >= 11 is 1.74. The summed E-state index contributed by atoms with van der Waals surface area (Å²) in [5.41, 5.74) is 1.69. The van der Waals surface area contributed by atoms with Gasteiger partial charge >= 0.3 is 0 Å². The molecular weight excluding hydrogens is 394 g/mol. The summed E-state index contributed by atoms with van der Waals surface area (Å²) in [4.78, 5) is 21.2. The topological polar surface area (TPSA) is 79.6 Å². The molecule has 28 heavy (non-hydrogen) atoms. The van der Waals surface area contributed by atoms with Gasteiger partial charge in [-0.15, -0.1) is 16.4 Å². The van der Waals surface area contributed by atoms with Gasteiger partial charge in [0.05, 0.1) is 10.6 Å². The van der Waals surface area contributed by atoms with Gasteiger partial charge in [-0.25, -0.2) is 4.52 Å². The van der Waals surface area contributed by atoms with Crippen molar-refractivity contribution >= 4 is 39.6 Å². The number of hydrogen-bond acceptors (Lipinski definition) is 6. The Bertz CT molecular complexity index is 1050.